The number of carbonyl (C=O) groups excluding carboxylic acids is 2. The van der Waals surface area contributed by atoms with Gasteiger partial charge >= 0.3 is 0 Å². The van der Waals surface area contributed by atoms with E-state index >= 15 is 0 Å². The Morgan fingerprint density at radius 1 is 0.964 bits per heavy atom. The molecular formula is C23H35N3O2. The second kappa shape index (κ2) is 9.44. The molecule has 3 rings (SSSR count). The first kappa shape index (κ1) is 20.7. The molecule has 0 radical (unpaired) electrons. The number of nitrogens with zero attached hydrogens (tertiary/aromatic N) is 3. The highest BCUT2D eigenvalue weighted by Gasteiger charge is 2.31. The van der Waals surface area contributed by atoms with Crippen LogP contribution in [0.2, 0.25) is 0 Å². The number of hydrogen-bond donors (Lipinski definition) is 0. The predicted octanol–water partition coefficient (Wildman–Crippen LogP) is 3.38. The smallest absolute Gasteiger partial charge is 0.225 e. The average Bonchev–Trinajstić information content (AvgIpc) is 2.73. The van der Waals surface area contributed by atoms with Crippen molar-refractivity contribution < 1.29 is 9.59 Å². The van der Waals surface area contributed by atoms with Crippen LogP contribution in [0.3, 0.4) is 0 Å². The van der Waals surface area contributed by atoms with E-state index in [-0.39, 0.29) is 11.8 Å². The zero-order chi connectivity index (χ0) is 20.1. The van der Waals surface area contributed by atoms with E-state index in [0.29, 0.717) is 12.3 Å². The van der Waals surface area contributed by atoms with E-state index in [4.69, 9.17) is 0 Å². The van der Waals surface area contributed by atoms with Crippen LogP contribution in [0.15, 0.2) is 18.2 Å². The molecule has 0 saturated carbocycles. The number of hydrogen-bond acceptors (Lipinski definition) is 3. The molecule has 1 aromatic rings. The fourth-order valence-electron chi connectivity index (χ4n) is 4.37. The van der Waals surface area contributed by atoms with Gasteiger partial charge in [0.2, 0.25) is 11.8 Å². The number of unbranched alkanes of at least 4 members (excludes halogenated alkanes) is 1. The van der Waals surface area contributed by atoms with E-state index in [0.717, 1.165) is 65.0 Å². The summed E-state index contributed by atoms with van der Waals surface area (Å²) in [6.07, 6.45) is 4.29. The van der Waals surface area contributed by atoms with Gasteiger partial charge < -0.3 is 14.7 Å². The molecule has 0 atom stereocenters. The SMILES string of the molecule is CCCCC(=O)N1CCC(C(=O)N2CCN(c3cccc(C)c3C)CC2)CC1. The molecule has 2 fully saturated rings. The third kappa shape index (κ3) is 4.68. The van der Waals surface area contributed by atoms with Gasteiger partial charge in [-0.05, 0) is 50.3 Å². The van der Waals surface area contributed by atoms with Gasteiger partial charge in [0.25, 0.3) is 0 Å². The molecule has 0 bridgehead atoms. The maximum absolute atomic E-state index is 13.0. The van der Waals surface area contributed by atoms with E-state index < -0.39 is 0 Å². The zero-order valence-electron chi connectivity index (χ0n) is 17.7. The number of amides is 2. The standard InChI is InChI=1S/C23H35N3O2/c1-4-5-9-22(27)25-12-10-20(11-13-25)23(28)26-16-14-24(15-17-26)21-8-6-7-18(2)19(21)3/h6-8,20H,4-5,9-17H2,1-3H3. The molecule has 2 aliphatic rings. The molecule has 28 heavy (non-hydrogen) atoms. The van der Waals surface area contributed by atoms with Crippen molar-refractivity contribution in [3.8, 4) is 0 Å². The molecule has 5 heteroatoms. The molecule has 5 nitrogen and oxygen atoms in total. The molecule has 2 aliphatic heterocycles. The monoisotopic (exact) mass is 385 g/mol. The summed E-state index contributed by atoms with van der Waals surface area (Å²) in [5, 5.41) is 0. The first-order valence-corrected chi connectivity index (χ1v) is 10.9. The van der Waals surface area contributed by atoms with Crippen molar-refractivity contribution in [2.75, 3.05) is 44.2 Å². The quantitative estimate of drug-likeness (QED) is 0.780. The van der Waals surface area contributed by atoms with E-state index in [1.165, 1.54) is 16.8 Å². The number of aryl methyl sites for hydroxylation is 1. The third-order valence-corrected chi connectivity index (χ3v) is 6.45. The highest BCUT2D eigenvalue weighted by molar-refractivity contribution is 5.80. The topological polar surface area (TPSA) is 43.9 Å². The summed E-state index contributed by atoms with van der Waals surface area (Å²) >= 11 is 0. The maximum atomic E-state index is 13.0. The molecule has 2 saturated heterocycles. The Morgan fingerprint density at radius 3 is 2.29 bits per heavy atom. The summed E-state index contributed by atoms with van der Waals surface area (Å²) in [6, 6.07) is 6.45. The van der Waals surface area contributed by atoms with Crippen LogP contribution in [0.5, 0.6) is 0 Å². The van der Waals surface area contributed by atoms with Gasteiger partial charge in [0, 0.05) is 57.3 Å². The van der Waals surface area contributed by atoms with Crippen LogP contribution in [0, 0.1) is 19.8 Å². The molecule has 0 aliphatic carbocycles. The van der Waals surface area contributed by atoms with Crippen molar-refractivity contribution in [3.63, 3.8) is 0 Å². The second-order valence-corrected chi connectivity index (χ2v) is 8.29. The van der Waals surface area contributed by atoms with Crippen LogP contribution in [0.4, 0.5) is 5.69 Å². The van der Waals surface area contributed by atoms with Gasteiger partial charge in [-0.1, -0.05) is 25.5 Å². The Hall–Kier alpha value is -2.04. The van der Waals surface area contributed by atoms with Crippen molar-refractivity contribution >= 4 is 17.5 Å². The summed E-state index contributed by atoms with van der Waals surface area (Å²) in [5.41, 5.74) is 3.95. The van der Waals surface area contributed by atoms with Crippen LogP contribution in [-0.2, 0) is 9.59 Å². The van der Waals surface area contributed by atoms with Gasteiger partial charge in [-0.3, -0.25) is 9.59 Å². The fraction of sp³-hybridized carbons (Fsp3) is 0.652. The van der Waals surface area contributed by atoms with Gasteiger partial charge in [0.05, 0.1) is 0 Å². The van der Waals surface area contributed by atoms with E-state index in [1.807, 2.05) is 9.80 Å². The van der Waals surface area contributed by atoms with Crippen LogP contribution in [0.1, 0.15) is 50.2 Å². The summed E-state index contributed by atoms with van der Waals surface area (Å²) in [7, 11) is 0. The molecule has 0 unspecified atom stereocenters. The molecule has 154 valence electrons. The van der Waals surface area contributed by atoms with Gasteiger partial charge in [-0.25, -0.2) is 0 Å². The minimum absolute atomic E-state index is 0.0856. The number of rotatable bonds is 5. The minimum atomic E-state index is 0.0856. The van der Waals surface area contributed by atoms with Crippen LogP contribution in [-0.4, -0.2) is 60.9 Å². The number of likely N-dealkylation sites (tertiary alicyclic amines) is 1. The van der Waals surface area contributed by atoms with Crippen molar-refractivity contribution in [2.24, 2.45) is 5.92 Å². The number of anilines is 1. The van der Waals surface area contributed by atoms with Gasteiger partial charge in [-0.2, -0.15) is 0 Å². The first-order chi connectivity index (χ1) is 13.5. The van der Waals surface area contributed by atoms with E-state index in [1.54, 1.807) is 0 Å². The van der Waals surface area contributed by atoms with E-state index in [2.05, 4.69) is 43.9 Å². The maximum Gasteiger partial charge on any atom is 0.225 e. The van der Waals surface area contributed by atoms with Crippen molar-refractivity contribution in [1.29, 1.82) is 0 Å². The average molecular weight is 386 g/mol. The molecule has 2 heterocycles. The molecule has 2 amide bonds. The van der Waals surface area contributed by atoms with Crippen molar-refractivity contribution in [1.82, 2.24) is 9.80 Å². The third-order valence-electron chi connectivity index (χ3n) is 6.45. The van der Waals surface area contributed by atoms with Gasteiger partial charge in [0.15, 0.2) is 0 Å². The second-order valence-electron chi connectivity index (χ2n) is 8.29. The Morgan fingerprint density at radius 2 is 1.64 bits per heavy atom. The first-order valence-electron chi connectivity index (χ1n) is 10.9. The number of piperidine rings is 1. The van der Waals surface area contributed by atoms with Crippen LogP contribution >= 0.6 is 0 Å². The molecule has 0 spiro atoms. The summed E-state index contributed by atoms with van der Waals surface area (Å²) in [4.78, 5) is 31.6. The lowest BCUT2D eigenvalue weighted by molar-refractivity contribution is -0.141. The molecule has 0 N–H and O–H groups in total. The Bertz CT molecular complexity index is 687. The Balaban J connectivity index is 1.48. The number of carbonyl (C=O) groups is 2. The molecule has 1 aromatic carbocycles. The van der Waals surface area contributed by atoms with Gasteiger partial charge in [-0.15, -0.1) is 0 Å². The van der Waals surface area contributed by atoms with Crippen LogP contribution < -0.4 is 4.90 Å². The summed E-state index contributed by atoms with van der Waals surface area (Å²) in [5.74, 6) is 0.638. The fourth-order valence-corrected chi connectivity index (χ4v) is 4.37. The summed E-state index contributed by atoms with van der Waals surface area (Å²) in [6.45, 7) is 11.3. The normalized spacial score (nSPS) is 18.5. The Kier molecular flexibility index (Phi) is 6.97. The lowest BCUT2D eigenvalue weighted by Gasteiger charge is -2.40. The number of piperazine rings is 1. The lowest BCUT2D eigenvalue weighted by Crippen LogP contribution is -2.52. The highest BCUT2D eigenvalue weighted by atomic mass is 16.2. The lowest BCUT2D eigenvalue weighted by atomic mass is 9.94. The van der Waals surface area contributed by atoms with Gasteiger partial charge in [0.1, 0.15) is 0 Å². The largest absolute Gasteiger partial charge is 0.368 e. The number of benzene rings is 1. The van der Waals surface area contributed by atoms with E-state index in [9.17, 15) is 9.59 Å². The van der Waals surface area contributed by atoms with Crippen molar-refractivity contribution in [2.45, 2.75) is 52.9 Å². The van der Waals surface area contributed by atoms with Crippen LogP contribution in [0.25, 0.3) is 0 Å². The predicted molar refractivity (Wildman–Crippen MR) is 114 cm³/mol. The highest BCUT2D eigenvalue weighted by Crippen LogP contribution is 2.25. The minimum Gasteiger partial charge on any atom is -0.368 e. The summed E-state index contributed by atoms with van der Waals surface area (Å²) < 4.78 is 0. The molecule has 0 aromatic heterocycles. The Labute approximate surface area is 169 Å². The van der Waals surface area contributed by atoms with Crippen molar-refractivity contribution in [3.05, 3.63) is 29.3 Å². The molecular weight excluding hydrogens is 350 g/mol. The zero-order valence-corrected chi connectivity index (χ0v) is 17.7.